The van der Waals surface area contributed by atoms with Crippen LogP contribution in [-0.4, -0.2) is 30.6 Å². The molecule has 1 N–H and O–H groups in total. The molecule has 1 aliphatic rings. The van der Waals surface area contributed by atoms with E-state index in [1.807, 2.05) is 13.8 Å². The molecule has 0 spiro atoms. The van der Waals surface area contributed by atoms with Crippen LogP contribution >= 0.6 is 35.4 Å². The predicted molar refractivity (Wildman–Crippen MR) is 122 cm³/mol. The molecule has 0 saturated carbocycles. The Kier molecular flexibility index (Phi) is 6.65. The predicted octanol–water partition coefficient (Wildman–Crippen LogP) is 4.54. The van der Waals surface area contributed by atoms with E-state index in [9.17, 15) is 9.59 Å². The summed E-state index contributed by atoms with van der Waals surface area (Å²) in [5.41, 5.74) is 1.70. The molecule has 1 saturated heterocycles. The van der Waals surface area contributed by atoms with Gasteiger partial charge in [-0.05, 0) is 67.5 Å². The Hall–Kier alpha value is -2.61. The summed E-state index contributed by atoms with van der Waals surface area (Å²) in [7, 11) is 1.48. The molecule has 156 valence electrons. The number of hydrogen-bond acceptors (Lipinski definition) is 5. The normalized spacial score (nSPS) is 15.4. The van der Waals surface area contributed by atoms with Gasteiger partial charge in [-0.1, -0.05) is 29.3 Å². The van der Waals surface area contributed by atoms with Gasteiger partial charge < -0.3 is 9.47 Å². The average molecular weight is 465 g/mol. The summed E-state index contributed by atoms with van der Waals surface area (Å²) >= 11 is 17.7. The van der Waals surface area contributed by atoms with Gasteiger partial charge in [-0.2, -0.15) is 0 Å². The largest absolute Gasteiger partial charge is 0.491 e. The fourth-order valence-electron chi connectivity index (χ4n) is 2.91. The number of methoxy groups -OCH3 is 1. The van der Waals surface area contributed by atoms with Crippen molar-refractivity contribution in [3.05, 3.63) is 57.1 Å². The second kappa shape index (κ2) is 9.04. The molecular weight excluding hydrogens is 447 g/mol. The highest BCUT2D eigenvalue weighted by atomic mass is 35.5. The number of halogens is 2. The van der Waals surface area contributed by atoms with Gasteiger partial charge in [0.15, 0.2) is 16.6 Å². The van der Waals surface area contributed by atoms with Crippen molar-refractivity contribution in [1.29, 1.82) is 0 Å². The van der Waals surface area contributed by atoms with E-state index in [1.165, 1.54) is 18.1 Å². The van der Waals surface area contributed by atoms with Crippen LogP contribution in [-0.2, 0) is 9.59 Å². The maximum Gasteiger partial charge on any atom is 0.270 e. The van der Waals surface area contributed by atoms with E-state index in [0.29, 0.717) is 34.4 Å². The second-order valence-corrected chi connectivity index (χ2v) is 7.56. The zero-order valence-electron chi connectivity index (χ0n) is 16.4. The Balaban J connectivity index is 2.05. The molecule has 3 rings (SSSR count). The first-order chi connectivity index (χ1) is 14.3. The first-order valence-electron chi connectivity index (χ1n) is 8.94. The third-order valence-corrected chi connectivity index (χ3v) is 5.33. The molecule has 1 heterocycles. The lowest BCUT2D eigenvalue weighted by atomic mass is 10.1. The summed E-state index contributed by atoms with van der Waals surface area (Å²) in [6.07, 6.45) is 1.43. The van der Waals surface area contributed by atoms with Gasteiger partial charge in [0.1, 0.15) is 5.57 Å². The minimum Gasteiger partial charge on any atom is -0.491 e. The summed E-state index contributed by atoms with van der Waals surface area (Å²) < 4.78 is 10.8. The van der Waals surface area contributed by atoms with Crippen LogP contribution in [0.15, 0.2) is 35.9 Å². The Morgan fingerprint density at radius 1 is 1.17 bits per heavy atom. The lowest BCUT2D eigenvalue weighted by Gasteiger charge is -2.29. The van der Waals surface area contributed by atoms with Crippen LogP contribution in [0.3, 0.4) is 0 Å². The highest BCUT2D eigenvalue weighted by Gasteiger charge is 2.34. The number of anilines is 1. The van der Waals surface area contributed by atoms with Crippen molar-refractivity contribution < 1.29 is 19.1 Å². The minimum atomic E-state index is -0.607. The summed E-state index contributed by atoms with van der Waals surface area (Å²) in [4.78, 5) is 26.9. The van der Waals surface area contributed by atoms with Crippen LogP contribution in [0.25, 0.3) is 6.08 Å². The first kappa shape index (κ1) is 22.1. The van der Waals surface area contributed by atoms with Crippen molar-refractivity contribution in [1.82, 2.24) is 5.32 Å². The molecule has 2 aromatic carbocycles. The molecule has 2 aromatic rings. The van der Waals surface area contributed by atoms with Crippen LogP contribution in [0.4, 0.5) is 5.69 Å². The minimum absolute atomic E-state index is 0.0233. The van der Waals surface area contributed by atoms with E-state index in [0.717, 1.165) is 5.56 Å². The lowest BCUT2D eigenvalue weighted by molar-refractivity contribution is -0.122. The third kappa shape index (κ3) is 4.28. The van der Waals surface area contributed by atoms with Gasteiger partial charge in [0.05, 0.1) is 24.4 Å². The molecule has 0 atom stereocenters. The zero-order chi connectivity index (χ0) is 22.0. The molecule has 0 aromatic heterocycles. The lowest BCUT2D eigenvalue weighted by Crippen LogP contribution is -2.54. The SMILES string of the molecule is CCOc1cc(/C=C2\C(=O)NC(=S)N(c3ccc(C)c(Cl)c3)C2=O)cc(Cl)c1OC. The van der Waals surface area contributed by atoms with Crippen molar-refractivity contribution >= 4 is 64.1 Å². The maximum atomic E-state index is 13.1. The fourth-order valence-corrected chi connectivity index (χ4v) is 3.66. The number of amides is 2. The van der Waals surface area contributed by atoms with E-state index in [-0.39, 0.29) is 15.7 Å². The average Bonchev–Trinajstić information content (AvgIpc) is 2.68. The van der Waals surface area contributed by atoms with Crippen LogP contribution in [0, 0.1) is 6.92 Å². The van der Waals surface area contributed by atoms with Gasteiger partial charge >= 0.3 is 0 Å². The summed E-state index contributed by atoms with van der Waals surface area (Å²) in [5, 5.41) is 3.28. The molecule has 0 radical (unpaired) electrons. The zero-order valence-corrected chi connectivity index (χ0v) is 18.7. The van der Waals surface area contributed by atoms with Gasteiger partial charge in [0.25, 0.3) is 11.8 Å². The van der Waals surface area contributed by atoms with E-state index < -0.39 is 11.8 Å². The molecular formula is C21H18Cl2N2O4S. The van der Waals surface area contributed by atoms with E-state index in [4.69, 9.17) is 44.9 Å². The van der Waals surface area contributed by atoms with E-state index >= 15 is 0 Å². The number of nitrogens with one attached hydrogen (secondary N) is 1. The summed E-state index contributed by atoms with van der Waals surface area (Å²) in [6.45, 7) is 4.06. The Labute approximate surface area is 189 Å². The van der Waals surface area contributed by atoms with Crippen molar-refractivity contribution in [3.63, 3.8) is 0 Å². The number of hydrogen-bond donors (Lipinski definition) is 1. The summed E-state index contributed by atoms with van der Waals surface area (Å²) in [5.74, 6) is -0.407. The standard InChI is InChI=1S/C21H18Cl2N2O4S/c1-4-29-17-9-12(8-16(23)18(17)28-3)7-14-19(26)24-21(30)25(20(14)27)13-6-5-11(2)15(22)10-13/h5-10H,4H2,1-3H3,(H,24,26,30)/b14-7+. The fraction of sp³-hybridized carbons (Fsp3) is 0.190. The molecule has 30 heavy (non-hydrogen) atoms. The van der Waals surface area contributed by atoms with Crippen LogP contribution < -0.4 is 19.7 Å². The molecule has 2 amide bonds. The number of carbonyl (C=O) groups excluding carboxylic acids is 2. The smallest absolute Gasteiger partial charge is 0.270 e. The number of carbonyl (C=O) groups is 2. The quantitative estimate of drug-likeness (QED) is 0.399. The molecule has 6 nitrogen and oxygen atoms in total. The van der Waals surface area contributed by atoms with E-state index in [2.05, 4.69) is 5.32 Å². The van der Waals surface area contributed by atoms with Gasteiger partial charge in [0, 0.05) is 5.02 Å². The number of nitrogens with zero attached hydrogens (tertiary/aromatic N) is 1. The second-order valence-electron chi connectivity index (χ2n) is 6.36. The van der Waals surface area contributed by atoms with Crippen molar-refractivity contribution in [2.45, 2.75) is 13.8 Å². The highest BCUT2D eigenvalue weighted by Crippen LogP contribution is 2.37. The number of ether oxygens (including phenoxy) is 2. The van der Waals surface area contributed by atoms with Crippen LogP contribution in [0.5, 0.6) is 11.5 Å². The molecule has 0 unspecified atom stereocenters. The maximum absolute atomic E-state index is 13.1. The van der Waals surface area contributed by atoms with Gasteiger partial charge in [-0.25, -0.2) is 0 Å². The molecule has 0 bridgehead atoms. The Bertz CT molecular complexity index is 1080. The van der Waals surface area contributed by atoms with Crippen molar-refractivity contribution in [3.8, 4) is 11.5 Å². The van der Waals surface area contributed by atoms with Crippen LogP contribution in [0.2, 0.25) is 10.0 Å². The highest BCUT2D eigenvalue weighted by molar-refractivity contribution is 7.80. The number of aryl methyl sites for hydroxylation is 1. The van der Waals surface area contributed by atoms with Gasteiger partial charge in [0.2, 0.25) is 0 Å². The molecule has 0 aliphatic carbocycles. The topological polar surface area (TPSA) is 67.9 Å². The van der Waals surface area contributed by atoms with Gasteiger partial charge in [-0.15, -0.1) is 0 Å². The number of thiocarbonyl (C=S) groups is 1. The monoisotopic (exact) mass is 464 g/mol. The number of rotatable bonds is 5. The van der Waals surface area contributed by atoms with Gasteiger partial charge in [-0.3, -0.25) is 19.8 Å². The Morgan fingerprint density at radius 3 is 2.53 bits per heavy atom. The Morgan fingerprint density at radius 2 is 1.90 bits per heavy atom. The van der Waals surface area contributed by atoms with Crippen molar-refractivity contribution in [2.24, 2.45) is 0 Å². The van der Waals surface area contributed by atoms with E-state index in [1.54, 1.807) is 30.3 Å². The first-order valence-corrected chi connectivity index (χ1v) is 10.1. The summed E-state index contributed by atoms with van der Waals surface area (Å²) in [6, 6.07) is 8.31. The number of benzene rings is 2. The molecule has 9 heteroatoms. The van der Waals surface area contributed by atoms with Crippen LogP contribution in [0.1, 0.15) is 18.1 Å². The molecule has 1 fully saturated rings. The molecule has 1 aliphatic heterocycles. The van der Waals surface area contributed by atoms with Crippen molar-refractivity contribution in [2.75, 3.05) is 18.6 Å². The third-order valence-electron chi connectivity index (χ3n) is 4.36.